The molecule has 0 amide bonds. The number of nitrogens with one attached hydrogen (secondary N) is 2. The van der Waals surface area contributed by atoms with Crippen molar-refractivity contribution in [3.8, 4) is 0 Å². The first-order valence-electron chi connectivity index (χ1n) is 6.64. The summed E-state index contributed by atoms with van der Waals surface area (Å²) in [7, 11) is 0. The Hall–Kier alpha value is -1.81. The van der Waals surface area contributed by atoms with Crippen LogP contribution >= 0.6 is 35.4 Å². The Kier molecular flexibility index (Phi) is 4.48. The summed E-state index contributed by atoms with van der Waals surface area (Å²) in [5.74, 6) is 0. The molecule has 3 aromatic carbocycles. The standard InChI is InChI=1S/C17H12Cl2N2S/c18-14-9-8-12(10-15(14)19)20-17(22)21-16-7-3-5-11-4-1-2-6-13(11)16/h1-10H,(H2,20,21,22). The van der Waals surface area contributed by atoms with Gasteiger partial charge in [0.2, 0.25) is 0 Å². The quantitative estimate of drug-likeness (QED) is 0.560. The van der Waals surface area contributed by atoms with Crippen molar-refractivity contribution >= 4 is 62.7 Å². The average Bonchev–Trinajstić information content (AvgIpc) is 2.51. The van der Waals surface area contributed by atoms with Crippen LogP contribution in [-0.4, -0.2) is 5.11 Å². The van der Waals surface area contributed by atoms with E-state index < -0.39 is 0 Å². The van der Waals surface area contributed by atoms with Crippen LogP contribution in [0.3, 0.4) is 0 Å². The highest BCUT2D eigenvalue weighted by Crippen LogP contribution is 2.26. The van der Waals surface area contributed by atoms with Crippen molar-refractivity contribution in [2.75, 3.05) is 10.6 Å². The summed E-state index contributed by atoms with van der Waals surface area (Å²) in [6.45, 7) is 0. The summed E-state index contributed by atoms with van der Waals surface area (Å²) >= 11 is 17.3. The minimum Gasteiger partial charge on any atom is -0.332 e. The molecule has 0 radical (unpaired) electrons. The molecule has 5 heteroatoms. The van der Waals surface area contributed by atoms with Gasteiger partial charge in [0.1, 0.15) is 0 Å². The van der Waals surface area contributed by atoms with Crippen LogP contribution in [0.1, 0.15) is 0 Å². The molecule has 2 N–H and O–H groups in total. The van der Waals surface area contributed by atoms with Crippen LogP contribution in [-0.2, 0) is 0 Å². The fourth-order valence-corrected chi connectivity index (χ4v) is 2.72. The summed E-state index contributed by atoms with van der Waals surface area (Å²) in [5.41, 5.74) is 1.74. The smallest absolute Gasteiger partial charge is 0.175 e. The summed E-state index contributed by atoms with van der Waals surface area (Å²) in [6, 6.07) is 19.5. The number of hydrogen-bond acceptors (Lipinski definition) is 1. The van der Waals surface area contributed by atoms with Crippen LogP contribution in [0.25, 0.3) is 10.8 Å². The highest BCUT2D eigenvalue weighted by Gasteiger charge is 2.04. The summed E-state index contributed by atoms with van der Waals surface area (Å²) in [5, 5.41) is 10.1. The van der Waals surface area contributed by atoms with E-state index in [-0.39, 0.29) is 0 Å². The molecule has 0 fully saturated rings. The molecule has 0 spiro atoms. The summed E-state index contributed by atoms with van der Waals surface area (Å²) < 4.78 is 0. The Labute approximate surface area is 144 Å². The minimum absolute atomic E-state index is 0.486. The highest BCUT2D eigenvalue weighted by atomic mass is 35.5. The highest BCUT2D eigenvalue weighted by molar-refractivity contribution is 7.80. The lowest BCUT2D eigenvalue weighted by Crippen LogP contribution is -2.19. The third-order valence-electron chi connectivity index (χ3n) is 3.22. The fourth-order valence-electron chi connectivity index (χ4n) is 2.19. The van der Waals surface area contributed by atoms with Gasteiger partial charge in [0.15, 0.2) is 5.11 Å². The van der Waals surface area contributed by atoms with Crippen molar-refractivity contribution in [1.82, 2.24) is 0 Å². The van der Waals surface area contributed by atoms with E-state index in [1.807, 2.05) is 30.3 Å². The van der Waals surface area contributed by atoms with Gasteiger partial charge in [0.05, 0.1) is 10.0 Å². The molecule has 2 nitrogen and oxygen atoms in total. The summed E-state index contributed by atoms with van der Waals surface area (Å²) in [6.07, 6.45) is 0. The number of fused-ring (bicyclic) bond motifs is 1. The molecule has 0 atom stereocenters. The molecular formula is C17H12Cl2N2S. The predicted molar refractivity (Wildman–Crippen MR) is 100 cm³/mol. The molecule has 3 rings (SSSR count). The maximum atomic E-state index is 6.00. The lowest BCUT2D eigenvalue weighted by Gasteiger charge is -2.13. The van der Waals surface area contributed by atoms with E-state index in [1.165, 1.54) is 0 Å². The molecule has 0 saturated carbocycles. The van der Waals surface area contributed by atoms with Crippen LogP contribution in [0.5, 0.6) is 0 Å². The monoisotopic (exact) mass is 346 g/mol. The van der Waals surface area contributed by atoms with Gasteiger partial charge in [-0.1, -0.05) is 59.6 Å². The zero-order valence-electron chi connectivity index (χ0n) is 11.4. The van der Waals surface area contributed by atoms with Gasteiger partial charge in [-0.05, 0) is 41.9 Å². The molecule has 3 aromatic rings. The van der Waals surface area contributed by atoms with E-state index in [9.17, 15) is 0 Å². The van der Waals surface area contributed by atoms with Gasteiger partial charge in [-0.2, -0.15) is 0 Å². The Morgan fingerprint density at radius 1 is 0.818 bits per heavy atom. The second-order valence-corrected chi connectivity index (χ2v) is 5.96. The topological polar surface area (TPSA) is 24.1 Å². The van der Waals surface area contributed by atoms with Gasteiger partial charge >= 0.3 is 0 Å². The molecular weight excluding hydrogens is 335 g/mol. The molecule has 0 saturated heterocycles. The molecule has 0 aliphatic heterocycles. The third-order valence-corrected chi connectivity index (χ3v) is 4.16. The fraction of sp³-hybridized carbons (Fsp3) is 0. The lowest BCUT2D eigenvalue weighted by molar-refractivity contribution is 1.61. The SMILES string of the molecule is S=C(Nc1ccc(Cl)c(Cl)c1)Nc1cccc2ccccc12. The normalized spacial score (nSPS) is 10.5. The van der Waals surface area contributed by atoms with Gasteiger partial charge in [0, 0.05) is 16.8 Å². The largest absolute Gasteiger partial charge is 0.332 e. The Balaban J connectivity index is 1.80. The Morgan fingerprint density at radius 3 is 2.41 bits per heavy atom. The van der Waals surface area contributed by atoms with Crippen molar-refractivity contribution in [3.05, 3.63) is 70.7 Å². The van der Waals surface area contributed by atoms with Crippen LogP contribution in [0.4, 0.5) is 11.4 Å². The Morgan fingerprint density at radius 2 is 1.59 bits per heavy atom. The molecule has 110 valence electrons. The number of halogens is 2. The maximum absolute atomic E-state index is 6.00. The van der Waals surface area contributed by atoms with E-state index in [2.05, 4.69) is 28.8 Å². The molecule has 0 aliphatic rings. The number of rotatable bonds is 2. The van der Waals surface area contributed by atoms with E-state index in [0.717, 1.165) is 22.1 Å². The maximum Gasteiger partial charge on any atom is 0.175 e. The van der Waals surface area contributed by atoms with Gasteiger partial charge in [-0.3, -0.25) is 0 Å². The molecule has 0 aliphatic carbocycles. The molecule has 0 unspecified atom stereocenters. The van der Waals surface area contributed by atoms with Crippen LogP contribution < -0.4 is 10.6 Å². The van der Waals surface area contributed by atoms with Crippen LogP contribution in [0.15, 0.2) is 60.7 Å². The first-order chi connectivity index (χ1) is 10.6. The van der Waals surface area contributed by atoms with Crippen LogP contribution in [0.2, 0.25) is 10.0 Å². The second kappa shape index (κ2) is 6.53. The molecule has 0 heterocycles. The van der Waals surface area contributed by atoms with Crippen molar-refractivity contribution in [1.29, 1.82) is 0 Å². The zero-order chi connectivity index (χ0) is 15.5. The van der Waals surface area contributed by atoms with Crippen LogP contribution in [0, 0.1) is 0 Å². The number of thiocarbonyl (C=S) groups is 1. The van der Waals surface area contributed by atoms with Gasteiger partial charge in [-0.25, -0.2) is 0 Å². The zero-order valence-corrected chi connectivity index (χ0v) is 13.8. The van der Waals surface area contributed by atoms with Crippen molar-refractivity contribution < 1.29 is 0 Å². The molecule has 0 aromatic heterocycles. The lowest BCUT2D eigenvalue weighted by atomic mass is 10.1. The van der Waals surface area contributed by atoms with Gasteiger partial charge in [-0.15, -0.1) is 0 Å². The number of hydrogen-bond donors (Lipinski definition) is 2. The molecule has 0 bridgehead atoms. The van der Waals surface area contributed by atoms with E-state index in [4.69, 9.17) is 35.4 Å². The van der Waals surface area contributed by atoms with E-state index >= 15 is 0 Å². The third kappa shape index (κ3) is 3.33. The number of anilines is 2. The first-order valence-corrected chi connectivity index (χ1v) is 7.81. The second-order valence-electron chi connectivity index (χ2n) is 4.73. The van der Waals surface area contributed by atoms with Crippen molar-refractivity contribution in [2.24, 2.45) is 0 Å². The van der Waals surface area contributed by atoms with Gasteiger partial charge < -0.3 is 10.6 Å². The van der Waals surface area contributed by atoms with Crippen molar-refractivity contribution in [2.45, 2.75) is 0 Å². The first kappa shape index (κ1) is 15.1. The van der Waals surface area contributed by atoms with Crippen molar-refractivity contribution in [3.63, 3.8) is 0 Å². The predicted octanol–water partition coefficient (Wildman–Crippen LogP) is 5.96. The summed E-state index contributed by atoms with van der Waals surface area (Å²) in [4.78, 5) is 0. The van der Waals surface area contributed by atoms with Gasteiger partial charge in [0.25, 0.3) is 0 Å². The van der Waals surface area contributed by atoms with E-state index in [1.54, 1.807) is 12.1 Å². The number of benzene rings is 3. The average molecular weight is 347 g/mol. The minimum atomic E-state index is 0.486. The molecule has 22 heavy (non-hydrogen) atoms. The Bertz CT molecular complexity index is 844. The van der Waals surface area contributed by atoms with E-state index in [0.29, 0.717) is 15.2 Å².